The first-order chi connectivity index (χ1) is 5.79. The van der Waals surface area contributed by atoms with Crippen molar-refractivity contribution in [2.45, 2.75) is 25.6 Å². The second kappa shape index (κ2) is 2.88. The van der Waals surface area contributed by atoms with Crippen LogP contribution in [0.5, 0.6) is 0 Å². The fourth-order valence-corrected chi connectivity index (χ4v) is 1.76. The molecule has 0 saturated carbocycles. The van der Waals surface area contributed by atoms with Gasteiger partial charge in [-0.2, -0.15) is 0 Å². The number of hydrogen-bond acceptors (Lipinski definition) is 2. The number of benzene rings is 1. The van der Waals surface area contributed by atoms with Crippen LogP contribution in [-0.4, -0.2) is 11.2 Å². The van der Waals surface area contributed by atoms with Gasteiger partial charge in [-0.1, -0.05) is 24.3 Å². The molecule has 0 radical (unpaired) electrons. The Bertz CT molecular complexity index is 283. The maximum Gasteiger partial charge on any atom is 0.0707 e. The van der Waals surface area contributed by atoms with Crippen molar-refractivity contribution in [3.8, 4) is 0 Å². The van der Waals surface area contributed by atoms with E-state index in [9.17, 15) is 5.11 Å². The second-order valence-corrected chi connectivity index (χ2v) is 3.30. The molecule has 1 aromatic carbocycles. The summed E-state index contributed by atoms with van der Waals surface area (Å²) in [5.74, 6) is 0. The molecule has 1 aliphatic heterocycles. The van der Waals surface area contributed by atoms with Gasteiger partial charge in [-0.25, -0.2) is 0 Å². The second-order valence-electron chi connectivity index (χ2n) is 3.30. The van der Waals surface area contributed by atoms with Gasteiger partial charge in [-0.15, -0.1) is 0 Å². The molecule has 1 aliphatic rings. The molecule has 0 saturated heterocycles. The van der Waals surface area contributed by atoms with Crippen LogP contribution in [-0.2, 0) is 6.54 Å². The van der Waals surface area contributed by atoms with Gasteiger partial charge in [0.1, 0.15) is 0 Å². The van der Waals surface area contributed by atoms with Gasteiger partial charge in [0.15, 0.2) is 0 Å². The van der Waals surface area contributed by atoms with Crippen LogP contribution in [0.15, 0.2) is 24.3 Å². The maximum atomic E-state index is 9.44. The van der Waals surface area contributed by atoms with E-state index in [-0.39, 0.29) is 12.1 Å². The van der Waals surface area contributed by atoms with Gasteiger partial charge >= 0.3 is 0 Å². The lowest BCUT2D eigenvalue weighted by molar-refractivity contribution is 0.151. The molecule has 1 aromatic rings. The molecule has 0 amide bonds. The minimum absolute atomic E-state index is 0.126. The summed E-state index contributed by atoms with van der Waals surface area (Å²) in [5.41, 5.74) is 2.55. The minimum atomic E-state index is -0.311. The highest BCUT2D eigenvalue weighted by molar-refractivity contribution is 5.34. The summed E-state index contributed by atoms with van der Waals surface area (Å²) in [5, 5.41) is 12.7. The standard InChI is InChI=1S/C10H13NO/c1-7(12)10-9-5-3-2-4-8(9)6-11-10/h2-5,7,10-12H,6H2,1H3/t7-,10-/m1/s1. The maximum absolute atomic E-state index is 9.44. The van der Waals surface area contributed by atoms with Crippen LogP contribution in [0.25, 0.3) is 0 Å². The van der Waals surface area contributed by atoms with Crippen molar-refractivity contribution in [1.29, 1.82) is 0 Å². The fourth-order valence-electron chi connectivity index (χ4n) is 1.76. The number of aliphatic hydroxyl groups is 1. The van der Waals surface area contributed by atoms with Crippen molar-refractivity contribution in [3.63, 3.8) is 0 Å². The molecule has 2 nitrogen and oxygen atoms in total. The van der Waals surface area contributed by atoms with Crippen LogP contribution >= 0.6 is 0 Å². The topological polar surface area (TPSA) is 32.3 Å². The lowest BCUT2D eigenvalue weighted by atomic mass is 10.0. The third kappa shape index (κ3) is 1.13. The summed E-state index contributed by atoms with van der Waals surface area (Å²) in [7, 11) is 0. The van der Waals surface area contributed by atoms with Gasteiger partial charge in [0.2, 0.25) is 0 Å². The summed E-state index contributed by atoms with van der Waals surface area (Å²) in [6.45, 7) is 2.70. The lowest BCUT2D eigenvalue weighted by Gasteiger charge is -2.14. The molecule has 0 bridgehead atoms. The van der Waals surface area contributed by atoms with E-state index in [1.165, 1.54) is 11.1 Å². The summed E-state index contributed by atoms with van der Waals surface area (Å²) < 4.78 is 0. The lowest BCUT2D eigenvalue weighted by Crippen LogP contribution is -2.23. The third-order valence-electron chi connectivity index (χ3n) is 2.38. The Morgan fingerprint density at radius 1 is 1.50 bits per heavy atom. The smallest absolute Gasteiger partial charge is 0.0707 e. The normalized spacial score (nSPS) is 23.7. The van der Waals surface area contributed by atoms with Crippen LogP contribution in [0, 0.1) is 0 Å². The van der Waals surface area contributed by atoms with E-state index < -0.39 is 0 Å². The number of rotatable bonds is 1. The van der Waals surface area contributed by atoms with Crippen molar-refractivity contribution >= 4 is 0 Å². The molecule has 0 unspecified atom stereocenters. The molecule has 2 N–H and O–H groups in total. The number of hydrogen-bond donors (Lipinski definition) is 2. The first-order valence-corrected chi connectivity index (χ1v) is 4.28. The molecule has 0 spiro atoms. The van der Waals surface area contributed by atoms with E-state index in [2.05, 4.69) is 17.4 Å². The van der Waals surface area contributed by atoms with Gasteiger partial charge in [-0.05, 0) is 18.1 Å². The SMILES string of the molecule is C[C@@H](O)[C@H]1NCc2ccccc21. The van der Waals surface area contributed by atoms with E-state index in [0.29, 0.717) is 0 Å². The molecule has 2 rings (SSSR count). The molecule has 2 heteroatoms. The van der Waals surface area contributed by atoms with Gasteiger partial charge < -0.3 is 10.4 Å². The highest BCUT2D eigenvalue weighted by Crippen LogP contribution is 2.26. The molecule has 0 aliphatic carbocycles. The molecular weight excluding hydrogens is 150 g/mol. The zero-order valence-electron chi connectivity index (χ0n) is 7.12. The van der Waals surface area contributed by atoms with Crippen LogP contribution in [0.4, 0.5) is 0 Å². The minimum Gasteiger partial charge on any atom is -0.391 e. The van der Waals surface area contributed by atoms with E-state index in [4.69, 9.17) is 0 Å². The molecule has 2 atom stereocenters. The molecule has 64 valence electrons. The largest absolute Gasteiger partial charge is 0.391 e. The first kappa shape index (κ1) is 7.77. The number of nitrogens with one attached hydrogen (secondary N) is 1. The quantitative estimate of drug-likeness (QED) is 0.652. The van der Waals surface area contributed by atoms with E-state index >= 15 is 0 Å². The van der Waals surface area contributed by atoms with Crippen molar-refractivity contribution in [3.05, 3.63) is 35.4 Å². The predicted octanol–water partition coefficient (Wildman–Crippen LogP) is 1.21. The zero-order chi connectivity index (χ0) is 8.55. The Balaban J connectivity index is 2.36. The van der Waals surface area contributed by atoms with E-state index in [1.54, 1.807) is 0 Å². The van der Waals surface area contributed by atoms with Gasteiger partial charge in [0.05, 0.1) is 12.1 Å². The predicted molar refractivity (Wildman–Crippen MR) is 47.7 cm³/mol. The summed E-state index contributed by atoms with van der Waals surface area (Å²) >= 11 is 0. The number of fused-ring (bicyclic) bond motifs is 1. The van der Waals surface area contributed by atoms with Gasteiger partial charge in [-0.3, -0.25) is 0 Å². The molecule has 0 fully saturated rings. The average molecular weight is 163 g/mol. The Morgan fingerprint density at radius 3 is 3.00 bits per heavy atom. The third-order valence-corrected chi connectivity index (χ3v) is 2.38. The Hall–Kier alpha value is -0.860. The Kier molecular flexibility index (Phi) is 1.87. The van der Waals surface area contributed by atoms with Crippen molar-refractivity contribution in [1.82, 2.24) is 5.32 Å². The molecular formula is C10H13NO. The van der Waals surface area contributed by atoms with Crippen LogP contribution in [0.3, 0.4) is 0 Å². The van der Waals surface area contributed by atoms with Gasteiger partial charge in [0.25, 0.3) is 0 Å². The van der Waals surface area contributed by atoms with Crippen LogP contribution in [0.1, 0.15) is 24.1 Å². The summed E-state index contributed by atoms with van der Waals surface area (Å²) in [4.78, 5) is 0. The van der Waals surface area contributed by atoms with Crippen molar-refractivity contribution in [2.24, 2.45) is 0 Å². The van der Waals surface area contributed by atoms with Crippen molar-refractivity contribution in [2.75, 3.05) is 0 Å². The van der Waals surface area contributed by atoms with Crippen molar-refractivity contribution < 1.29 is 5.11 Å². The van der Waals surface area contributed by atoms with E-state index in [0.717, 1.165) is 6.54 Å². The fraction of sp³-hybridized carbons (Fsp3) is 0.400. The highest BCUT2D eigenvalue weighted by atomic mass is 16.3. The van der Waals surface area contributed by atoms with Crippen LogP contribution < -0.4 is 5.32 Å². The Morgan fingerprint density at radius 2 is 2.25 bits per heavy atom. The highest BCUT2D eigenvalue weighted by Gasteiger charge is 2.24. The van der Waals surface area contributed by atoms with Crippen LogP contribution in [0.2, 0.25) is 0 Å². The monoisotopic (exact) mass is 163 g/mol. The van der Waals surface area contributed by atoms with Gasteiger partial charge in [0, 0.05) is 6.54 Å². The first-order valence-electron chi connectivity index (χ1n) is 4.28. The zero-order valence-corrected chi connectivity index (χ0v) is 7.12. The molecule has 12 heavy (non-hydrogen) atoms. The molecule has 1 heterocycles. The molecule has 0 aromatic heterocycles. The number of aliphatic hydroxyl groups excluding tert-OH is 1. The van der Waals surface area contributed by atoms with E-state index in [1.807, 2.05) is 19.1 Å². The summed E-state index contributed by atoms with van der Waals surface area (Å²) in [6.07, 6.45) is -0.311. The average Bonchev–Trinajstić information content (AvgIpc) is 2.47. The summed E-state index contributed by atoms with van der Waals surface area (Å²) in [6, 6.07) is 8.35. The Labute approximate surface area is 72.2 Å².